The molecule has 3 aliphatic rings. The van der Waals surface area contributed by atoms with Crippen molar-refractivity contribution in [2.45, 2.75) is 39.5 Å². The van der Waals surface area contributed by atoms with Crippen molar-refractivity contribution in [3.8, 4) is 0 Å². The average Bonchev–Trinajstić information content (AvgIpc) is 2.50. The van der Waals surface area contributed by atoms with Gasteiger partial charge in [0.05, 0.1) is 0 Å². The summed E-state index contributed by atoms with van der Waals surface area (Å²) in [6, 6.07) is 0. The lowest BCUT2D eigenvalue weighted by Gasteiger charge is -2.43. The van der Waals surface area contributed by atoms with Gasteiger partial charge in [0, 0.05) is 0 Å². The van der Waals surface area contributed by atoms with E-state index in [9.17, 15) is 9.59 Å². The largest absolute Gasteiger partial charge is 0.392 e. The molecule has 0 unspecified atom stereocenters. The van der Waals surface area contributed by atoms with Crippen molar-refractivity contribution >= 4 is 11.9 Å². The molecule has 2 fully saturated rings. The molecule has 0 aromatic heterocycles. The van der Waals surface area contributed by atoms with E-state index in [0.717, 1.165) is 36.8 Å². The standard InChI is InChI=1S/C14H16O3/c1-9-7-13-5-3-4-6-14(13,8-10(9)2)12(16)17-11(13)15/h7-8H,3-6H2,1-2H3/t13-,14-/m1/s1. The third-order valence-corrected chi connectivity index (χ3v) is 4.65. The number of hydrogen-bond acceptors (Lipinski definition) is 3. The van der Waals surface area contributed by atoms with Crippen LogP contribution in [0, 0.1) is 10.8 Å². The van der Waals surface area contributed by atoms with Crippen LogP contribution in [0.15, 0.2) is 23.3 Å². The summed E-state index contributed by atoms with van der Waals surface area (Å²) >= 11 is 0. The first kappa shape index (κ1) is 10.8. The Balaban J connectivity index is 2.26. The summed E-state index contributed by atoms with van der Waals surface area (Å²) in [5.41, 5.74) is 0.779. The van der Waals surface area contributed by atoms with Crippen LogP contribution in [-0.4, -0.2) is 11.9 Å². The minimum atomic E-state index is -0.702. The molecule has 3 nitrogen and oxygen atoms in total. The van der Waals surface area contributed by atoms with Gasteiger partial charge in [0.25, 0.3) is 0 Å². The van der Waals surface area contributed by atoms with Crippen molar-refractivity contribution in [1.29, 1.82) is 0 Å². The predicted molar refractivity (Wildman–Crippen MR) is 61.9 cm³/mol. The van der Waals surface area contributed by atoms with Crippen LogP contribution in [0.5, 0.6) is 0 Å². The molecule has 3 rings (SSSR count). The SMILES string of the molecule is CC1=C[C@@]23CCCC[C@@]2(C=C1C)C(=O)OC3=O. The highest BCUT2D eigenvalue weighted by atomic mass is 16.6. The maximum atomic E-state index is 12.1. The van der Waals surface area contributed by atoms with Crippen molar-refractivity contribution < 1.29 is 14.3 Å². The fourth-order valence-electron chi connectivity index (χ4n) is 3.58. The lowest BCUT2D eigenvalue weighted by atomic mass is 9.54. The molecule has 0 aromatic rings. The van der Waals surface area contributed by atoms with Gasteiger partial charge >= 0.3 is 11.9 Å². The van der Waals surface area contributed by atoms with Gasteiger partial charge in [-0.15, -0.1) is 0 Å². The fraction of sp³-hybridized carbons (Fsp3) is 0.571. The Hall–Kier alpha value is -1.38. The monoisotopic (exact) mass is 232 g/mol. The number of rotatable bonds is 0. The maximum Gasteiger partial charge on any atom is 0.325 e. The van der Waals surface area contributed by atoms with Crippen LogP contribution < -0.4 is 0 Å². The van der Waals surface area contributed by atoms with Gasteiger partial charge in [0.2, 0.25) is 0 Å². The zero-order valence-electron chi connectivity index (χ0n) is 10.2. The normalized spacial score (nSPS) is 40.1. The number of carbonyl (C=O) groups excluding carboxylic acids is 2. The summed E-state index contributed by atoms with van der Waals surface area (Å²) in [6.45, 7) is 3.99. The van der Waals surface area contributed by atoms with Crippen molar-refractivity contribution in [1.82, 2.24) is 0 Å². The molecule has 1 saturated heterocycles. The zero-order valence-corrected chi connectivity index (χ0v) is 10.2. The Labute approximate surface area is 101 Å². The zero-order chi connectivity index (χ0) is 12.3. The van der Waals surface area contributed by atoms with E-state index in [1.165, 1.54) is 0 Å². The van der Waals surface area contributed by atoms with Gasteiger partial charge in [-0.25, -0.2) is 0 Å². The first-order valence-corrected chi connectivity index (χ1v) is 6.18. The Bertz CT molecular complexity index is 442. The second-order valence-corrected chi connectivity index (χ2v) is 5.48. The third kappa shape index (κ3) is 1.07. The van der Waals surface area contributed by atoms with Gasteiger partial charge in [-0.3, -0.25) is 9.59 Å². The Morgan fingerprint density at radius 2 is 1.35 bits per heavy atom. The molecular weight excluding hydrogens is 216 g/mol. The van der Waals surface area contributed by atoms with E-state index in [4.69, 9.17) is 4.74 Å². The van der Waals surface area contributed by atoms with Crippen LogP contribution in [0.1, 0.15) is 39.5 Å². The van der Waals surface area contributed by atoms with Crippen LogP contribution in [0.3, 0.4) is 0 Å². The van der Waals surface area contributed by atoms with E-state index in [2.05, 4.69) is 0 Å². The number of cyclic esters (lactones) is 2. The van der Waals surface area contributed by atoms with E-state index >= 15 is 0 Å². The van der Waals surface area contributed by atoms with Crippen molar-refractivity contribution in [2.24, 2.45) is 10.8 Å². The van der Waals surface area contributed by atoms with Crippen LogP contribution in [-0.2, 0) is 14.3 Å². The summed E-state index contributed by atoms with van der Waals surface area (Å²) in [4.78, 5) is 24.2. The van der Waals surface area contributed by atoms with E-state index in [1.54, 1.807) is 0 Å². The van der Waals surface area contributed by atoms with Crippen LogP contribution in [0.4, 0.5) is 0 Å². The molecule has 2 aliphatic carbocycles. The van der Waals surface area contributed by atoms with Gasteiger partial charge in [-0.1, -0.05) is 36.1 Å². The number of allylic oxidation sites excluding steroid dienone is 2. The highest BCUT2D eigenvalue weighted by Gasteiger charge is 2.67. The van der Waals surface area contributed by atoms with E-state index in [0.29, 0.717) is 0 Å². The second kappa shape index (κ2) is 3.09. The quantitative estimate of drug-likeness (QED) is 0.476. The van der Waals surface area contributed by atoms with Gasteiger partial charge in [-0.05, 0) is 26.7 Å². The molecule has 0 amide bonds. The van der Waals surface area contributed by atoms with Crippen molar-refractivity contribution in [3.63, 3.8) is 0 Å². The fourth-order valence-corrected chi connectivity index (χ4v) is 3.58. The molecule has 0 spiro atoms. The van der Waals surface area contributed by atoms with E-state index < -0.39 is 10.8 Å². The minimum absolute atomic E-state index is 0.342. The number of ether oxygens (including phenoxy) is 1. The lowest BCUT2D eigenvalue weighted by molar-refractivity contribution is -0.155. The predicted octanol–water partition coefficient (Wildman–Crippen LogP) is 2.52. The first-order chi connectivity index (χ1) is 8.02. The Morgan fingerprint density at radius 3 is 1.76 bits per heavy atom. The molecule has 1 heterocycles. The molecule has 0 N–H and O–H groups in total. The number of esters is 2. The molecule has 1 aliphatic heterocycles. The molecular formula is C14H16O3. The van der Waals surface area contributed by atoms with Crippen LogP contribution >= 0.6 is 0 Å². The average molecular weight is 232 g/mol. The highest BCUT2D eigenvalue weighted by Crippen LogP contribution is 2.60. The summed E-state index contributed by atoms with van der Waals surface area (Å²) in [6.07, 6.45) is 7.41. The molecule has 2 atom stereocenters. The van der Waals surface area contributed by atoms with Crippen molar-refractivity contribution in [3.05, 3.63) is 23.3 Å². The molecule has 17 heavy (non-hydrogen) atoms. The van der Waals surface area contributed by atoms with Crippen LogP contribution in [0.2, 0.25) is 0 Å². The minimum Gasteiger partial charge on any atom is -0.392 e. The summed E-state index contributed by atoms with van der Waals surface area (Å²) < 4.78 is 4.97. The molecule has 3 heteroatoms. The summed E-state index contributed by atoms with van der Waals surface area (Å²) in [5.74, 6) is -0.685. The third-order valence-electron chi connectivity index (χ3n) is 4.65. The Kier molecular flexibility index (Phi) is 1.96. The van der Waals surface area contributed by atoms with Crippen LogP contribution in [0.25, 0.3) is 0 Å². The Morgan fingerprint density at radius 1 is 0.941 bits per heavy atom. The van der Waals surface area contributed by atoms with Gasteiger partial charge in [-0.2, -0.15) is 0 Å². The lowest BCUT2D eigenvalue weighted by Crippen LogP contribution is -2.46. The van der Waals surface area contributed by atoms with Gasteiger partial charge in [0.1, 0.15) is 10.8 Å². The maximum absolute atomic E-state index is 12.1. The molecule has 1 saturated carbocycles. The van der Waals surface area contributed by atoms with Gasteiger partial charge in [0.15, 0.2) is 0 Å². The topological polar surface area (TPSA) is 43.4 Å². The highest BCUT2D eigenvalue weighted by molar-refractivity contribution is 6.05. The summed E-state index contributed by atoms with van der Waals surface area (Å²) in [7, 11) is 0. The molecule has 0 aromatic carbocycles. The molecule has 90 valence electrons. The second-order valence-electron chi connectivity index (χ2n) is 5.48. The van der Waals surface area contributed by atoms with E-state index in [1.807, 2.05) is 26.0 Å². The van der Waals surface area contributed by atoms with E-state index in [-0.39, 0.29) is 11.9 Å². The number of carbonyl (C=O) groups is 2. The molecule has 0 bridgehead atoms. The first-order valence-electron chi connectivity index (χ1n) is 6.18. The smallest absolute Gasteiger partial charge is 0.325 e. The van der Waals surface area contributed by atoms with Gasteiger partial charge < -0.3 is 4.74 Å². The van der Waals surface area contributed by atoms with Crippen molar-refractivity contribution in [2.75, 3.05) is 0 Å². The number of hydrogen-bond donors (Lipinski definition) is 0. The summed E-state index contributed by atoms with van der Waals surface area (Å²) in [5, 5.41) is 0. The molecule has 0 radical (unpaired) electrons.